The van der Waals surface area contributed by atoms with E-state index in [9.17, 15) is 9.90 Å². The fourth-order valence-corrected chi connectivity index (χ4v) is 5.42. The van der Waals surface area contributed by atoms with Crippen molar-refractivity contribution in [3.63, 3.8) is 0 Å². The average molecular weight is 556 g/mol. The van der Waals surface area contributed by atoms with Crippen molar-refractivity contribution in [1.29, 1.82) is 0 Å². The van der Waals surface area contributed by atoms with Crippen LogP contribution in [0.4, 0.5) is 0 Å². The van der Waals surface area contributed by atoms with Gasteiger partial charge in [-0.05, 0) is 36.1 Å². The van der Waals surface area contributed by atoms with Gasteiger partial charge in [0.15, 0.2) is 11.4 Å². The number of primary amides is 1. The summed E-state index contributed by atoms with van der Waals surface area (Å²) in [5.74, 6) is 0.802. The summed E-state index contributed by atoms with van der Waals surface area (Å²) in [4.78, 5) is 15.9. The Bertz CT molecular complexity index is 1160. The minimum Gasteiger partial charge on any atom is -1.00 e. The van der Waals surface area contributed by atoms with Crippen molar-refractivity contribution < 1.29 is 35.9 Å². The first-order valence-electron chi connectivity index (χ1n) is 13.8. The van der Waals surface area contributed by atoms with E-state index in [2.05, 4.69) is 19.1 Å². The summed E-state index contributed by atoms with van der Waals surface area (Å²) in [6.07, 6.45) is 9.64. The van der Waals surface area contributed by atoms with Gasteiger partial charge in [-0.3, -0.25) is 4.79 Å². The molecule has 1 aromatic heterocycles. The van der Waals surface area contributed by atoms with Gasteiger partial charge in [0.1, 0.15) is 13.1 Å². The van der Waals surface area contributed by atoms with E-state index in [4.69, 9.17) is 14.9 Å². The minimum absolute atomic E-state index is 0. The number of halogens is 1. The maximum absolute atomic E-state index is 12.2. The molecule has 1 aliphatic carbocycles. The van der Waals surface area contributed by atoms with Gasteiger partial charge in [-0.15, -0.1) is 0 Å². The van der Waals surface area contributed by atoms with Crippen molar-refractivity contribution in [2.75, 3.05) is 27.2 Å². The molecule has 1 aliphatic rings. The van der Waals surface area contributed by atoms with E-state index < -0.39 is 11.5 Å². The average Bonchev–Trinajstić information content (AvgIpc) is 3.35. The number of rotatable bonds is 11. The van der Waals surface area contributed by atoms with Crippen LogP contribution in [-0.4, -0.2) is 47.7 Å². The molecule has 4 rings (SSSR count). The van der Waals surface area contributed by atoms with Gasteiger partial charge >= 0.3 is 0 Å². The van der Waals surface area contributed by atoms with Crippen LogP contribution in [0.2, 0.25) is 0 Å². The molecule has 0 radical (unpaired) electrons. The second kappa shape index (κ2) is 14.1. The van der Waals surface area contributed by atoms with Crippen LogP contribution in [0.15, 0.2) is 65.2 Å². The predicted molar refractivity (Wildman–Crippen MR) is 147 cm³/mol. The van der Waals surface area contributed by atoms with Crippen LogP contribution in [0.25, 0.3) is 0 Å². The number of amides is 1. The number of oxazole rings is 1. The lowest BCUT2D eigenvalue weighted by atomic mass is 9.74. The van der Waals surface area contributed by atoms with Gasteiger partial charge in [-0.2, -0.15) is 0 Å². The van der Waals surface area contributed by atoms with Gasteiger partial charge in [0.05, 0.1) is 33.5 Å². The lowest BCUT2D eigenvalue weighted by Crippen LogP contribution is -3.00. The molecule has 0 saturated heterocycles. The largest absolute Gasteiger partial charge is 1.00 e. The Kier molecular flexibility index (Phi) is 11.1. The third kappa shape index (κ3) is 8.15. The lowest BCUT2D eigenvalue weighted by molar-refractivity contribution is -0.905. The number of quaternary nitrogens is 1. The number of ether oxygens (including phenoxy) is 1. The van der Waals surface area contributed by atoms with Crippen molar-refractivity contribution in [2.24, 2.45) is 11.7 Å². The summed E-state index contributed by atoms with van der Waals surface area (Å²) in [6, 6.07) is 17.0. The first-order chi connectivity index (χ1) is 18.3. The second-order valence-electron chi connectivity index (χ2n) is 11.2. The standard InChI is InChI=1S/C31H41N3O4.ClH/c1-34(2,19-20-37-23-24-15-17-25(18-16-24)29(32)35)22-28-21-33-30(38-28)31(36,27-13-9-6-10-14-27)26-11-7-4-3-5-8-12-26;/h6,9-10,13-18,21,26,36H,3-5,7-8,11-12,19-20,22-23H2,1-2H3,(H-,32,35);1H. The number of carbonyl (C=O) groups excluding carboxylic acids is 1. The van der Waals surface area contributed by atoms with Crippen LogP contribution in [0.3, 0.4) is 0 Å². The van der Waals surface area contributed by atoms with Crippen molar-refractivity contribution in [3.05, 3.63) is 89.1 Å². The molecule has 0 aliphatic heterocycles. The van der Waals surface area contributed by atoms with Crippen molar-refractivity contribution in [2.45, 2.75) is 63.7 Å². The van der Waals surface area contributed by atoms with E-state index in [1.807, 2.05) is 42.5 Å². The number of hydrogen-bond donors (Lipinski definition) is 2. The van der Waals surface area contributed by atoms with Crippen LogP contribution < -0.4 is 18.1 Å². The summed E-state index contributed by atoms with van der Waals surface area (Å²) in [5, 5.41) is 12.2. The smallest absolute Gasteiger partial charge is 0.248 e. The van der Waals surface area contributed by atoms with Crippen molar-refractivity contribution in [3.8, 4) is 0 Å². The Morgan fingerprint density at radius 3 is 2.33 bits per heavy atom. The highest BCUT2D eigenvalue weighted by Crippen LogP contribution is 2.42. The molecule has 0 bridgehead atoms. The predicted octanol–water partition coefficient (Wildman–Crippen LogP) is 2.17. The highest BCUT2D eigenvalue weighted by molar-refractivity contribution is 5.92. The van der Waals surface area contributed by atoms with E-state index in [1.165, 1.54) is 19.3 Å². The molecule has 3 aromatic rings. The van der Waals surface area contributed by atoms with Crippen molar-refractivity contribution in [1.82, 2.24) is 4.98 Å². The Labute approximate surface area is 238 Å². The zero-order valence-electron chi connectivity index (χ0n) is 23.2. The van der Waals surface area contributed by atoms with E-state index in [-0.39, 0.29) is 18.3 Å². The summed E-state index contributed by atoms with van der Waals surface area (Å²) < 4.78 is 12.9. The summed E-state index contributed by atoms with van der Waals surface area (Å²) in [5.41, 5.74) is 6.41. The van der Waals surface area contributed by atoms with E-state index in [1.54, 1.807) is 18.3 Å². The molecule has 1 heterocycles. The maximum Gasteiger partial charge on any atom is 0.248 e. The van der Waals surface area contributed by atoms with E-state index in [0.29, 0.717) is 35.7 Å². The van der Waals surface area contributed by atoms with E-state index in [0.717, 1.165) is 49.1 Å². The number of hydrogen-bond acceptors (Lipinski definition) is 5. The van der Waals surface area contributed by atoms with Crippen LogP contribution in [0.5, 0.6) is 0 Å². The Hall–Kier alpha value is -2.71. The maximum atomic E-state index is 12.2. The molecule has 1 saturated carbocycles. The molecular weight excluding hydrogens is 514 g/mol. The molecule has 0 spiro atoms. The Morgan fingerprint density at radius 2 is 1.69 bits per heavy atom. The van der Waals surface area contributed by atoms with Gasteiger partial charge in [0.25, 0.3) is 0 Å². The molecule has 1 unspecified atom stereocenters. The number of aliphatic hydroxyl groups is 1. The van der Waals surface area contributed by atoms with Crippen LogP contribution >= 0.6 is 0 Å². The van der Waals surface area contributed by atoms with Crippen LogP contribution in [-0.2, 0) is 23.5 Å². The van der Waals surface area contributed by atoms with Gasteiger partial charge in [0, 0.05) is 11.5 Å². The number of likely N-dealkylation sites (N-methyl/N-ethyl adjacent to an activating group) is 1. The number of nitrogens with two attached hydrogens (primary N) is 1. The lowest BCUT2D eigenvalue weighted by Gasteiger charge is -2.35. The van der Waals surface area contributed by atoms with Crippen LogP contribution in [0, 0.1) is 5.92 Å². The molecule has 1 fully saturated rings. The van der Waals surface area contributed by atoms with Gasteiger partial charge in [-0.1, -0.05) is 74.6 Å². The molecular formula is C31H42ClN3O4. The zero-order valence-corrected chi connectivity index (χ0v) is 23.9. The molecule has 3 N–H and O–H groups in total. The topological polar surface area (TPSA) is 98.6 Å². The quantitative estimate of drug-likeness (QED) is 0.279. The third-order valence-corrected chi connectivity index (χ3v) is 7.72. The number of nitrogens with zero attached hydrogens (tertiary/aromatic N) is 2. The third-order valence-electron chi connectivity index (χ3n) is 7.72. The normalized spacial score (nSPS) is 16.5. The van der Waals surface area contributed by atoms with Gasteiger partial charge < -0.3 is 36.9 Å². The highest BCUT2D eigenvalue weighted by atomic mass is 35.5. The van der Waals surface area contributed by atoms with Crippen molar-refractivity contribution >= 4 is 5.91 Å². The monoisotopic (exact) mass is 555 g/mol. The molecule has 212 valence electrons. The molecule has 7 nitrogen and oxygen atoms in total. The number of carbonyl (C=O) groups is 1. The first-order valence-corrected chi connectivity index (χ1v) is 13.8. The molecule has 2 aromatic carbocycles. The molecule has 1 atom stereocenters. The summed E-state index contributed by atoms with van der Waals surface area (Å²) in [6.45, 7) is 2.46. The van der Waals surface area contributed by atoms with E-state index >= 15 is 0 Å². The Balaban J connectivity index is 0.00000420. The SMILES string of the molecule is C[N+](C)(CCOCc1ccc(C(N)=O)cc1)Cc1cnc(C(O)(c2ccccc2)C2CCCCCCC2)o1.[Cl-]. The molecule has 1 amide bonds. The first kappa shape index (κ1) is 30.8. The van der Waals surface area contributed by atoms with Gasteiger partial charge in [0.2, 0.25) is 11.8 Å². The van der Waals surface area contributed by atoms with Crippen LogP contribution in [0.1, 0.15) is 78.1 Å². The highest BCUT2D eigenvalue weighted by Gasteiger charge is 2.44. The second-order valence-corrected chi connectivity index (χ2v) is 11.2. The number of aromatic nitrogens is 1. The fraction of sp³-hybridized carbons (Fsp3) is 0.484. The zero-order chi connectivity index (χ0) is 27.0. The fourth-order valence-electron chi connectivity index (χ4n) is 5.42. The summed E-state index contributed by atoms with van der Waals surface area (Å²) >= 11 is 0. The molecule has 39 heavy (non-hydrogen) atoms. The minimum atomic E-state index is -1.23. The number of benzene rings is 2. The summed E-state index contributed by atoms with van der Waals surface area (Å²) in [7, 11) is 4.26. The molecule has 8 heteroatoms. The van der Waals surface area contributed by atoms with Gasteiger partial charge in [-0.25, -0.2) is 4.98 Å². The Morgan fingerprint density at radius 1 is 1.05 bits per heavy atom.